The summed E-state index contributed by atoms with van der Waals surface area (Å²) in [6.07, 6.45) is -0.571. The summed E-state index contributed by atoms with van der Waals surface area (Å²) in [5.74, 6) is 0.329. The minimum absolute atomic E-state index is 0.137. The third-order valence-corrected chi connectivity index (χ3v) is 2.47. The number of carbonyl (C=O) groups is 2. The van der Waals surface area contributed by atoms with Crippen LogP contribution in [0.2, 0.25) is 0 Å². The second-order valence-corrected chi connectivity index (χ2v) is 4.52. The molecule has 1 aromatic rings. The Morgan fingerprint density at radius 1 is 1.22 bits per heavy atom. The lowest BCUT2D eigenvalue weighted by Gasteiger charge is -2.22. The van der Waals surface area contributed by atoms with Gasteiger partial charge in [0.15, 0.2) is 0 Å². The van der Waals surface area contributed by atoms with Crippen LogP contribution in [-0.2, 0) is 4.79 Å². The second kappa shape index (κ2) is 6.05. The SMILES string of the molecule is CNC(=O)C(C)(C)CNC(=O)Oc1ccccc1. The molecule has 18 heavy (non-hydrogen) atoms. The Bertz CT molecular complexity index is 416. The highest BCUT2D eigenvalue weighted by molar-refractivity contribution is 5.82. The Morgan fingerprint density at radius 2 is 1.83 bits per heavy atom. The second-order valence-electron chi connectivity index (χ2n) is 4.52. The van der Waals surface area contributed by atoms with E-state index in [1.807, 2.05) is 6.07 Å². The first kappa shape index (κ1) is 14.0. The topological polar surface area (TPSA) is 67.4 Å². The number of amides is 2. The monoisotopic (exact) mass is 250 g/mol. The quantitative estimate of drug-likeness (QED) is 0.852. The Kier molecular flexibility index (Phi) is 4.71. The van der Waals surface area contributed by atoms with E-state index in [0.29, 0.717) is 5.75 Å². The average molecular weight is 250 g/mol. The molecular formula is C13H18N2O3. The maximum Gasteiger partial charge on any atom is 0.412 e. The van der Waals surface area contributed by atoms with E-state index in [4.69, 9.17) is 4.74 Å². The van der Waals surface area contributed by atoms with Gasteiger partial charge in [-0.25, -0.2) is 4.79 Å². The Morgan fingerprint density at radius 3 is 2.39 bits per heavy atom. The van der Waals surface area contributed by atoms with Crippen LogP contribution in [0, 0.1) is 5.41 Å². The number of carbonyl (C=O) groups excluding carboxylic acids is 2. The minimum Gasteiger partial charge on any atom is -0.410 e. The van der Waals surface area contributed by atoms with Gasteiger partial charge in [0.25, 0.3) is 0 Å². The highest BCUT2D eigenvalue weighted by Crippen LogP contribution is 2.13. The molecule has 0 aliphatic carbocycles. The van der Waals surface area contributed by atoms with Crippen molar-refractivity contribution in [3.63, 3.8) is 0 Å². The van der Waals surface area contributed by atoms with Crippen LogP contribution in [0.25, 0.3) is 0 Å². The molecule has 98 valence electrons. The van der Waals surface area contributed by atoms with E-state index in [0.717, 1.165) is 0 Å². The summed E-state index contributed by atoms with van der Waals surface area (Å²) >= 11 is 0. The fourth-order valence-corrected chi connectivity index (χ4v) is 1.34. The number of nitrogens with one attached hydrogen (secondary N) is 2. The van der Waals surface area contributed by atoms with E-state index in [-0.39, 0.29) is 12.5 Å². The van der Waals surface area contributed by atoms with Gasteiger partial charge in [0.05, 0.1) is 5.41 Å². The summed E-state index contributed by atoms with van der Waals surface area (Å²) in [7, 11) is 1.56. The molecule has 0 aromatic heterocycles. The smallest absolute Gasteiger partial charge is 0.410 e. The molecular weight excluding hydrogens is 232 g/mol. The van der Waals surface area contributed by atoms with Gasteiger partial charge >= 0.3 is 6.09 Å². The molecule has 0 spiro atoms. The van der Waals surface area contributed by atoms with Crippen molar-refractivity contribution in [2.45, 2.75) is 13.8 Å². The number of hydrogen-bond donors (Lipinski definition) is 2. The Hall–Kier alpha value is -2.04. The first-order chi connectivity index (χ1) is 8.45. The molecule has 0 aliphatic heterocycles. The molecule has 0 saturated heterocycles. The van der Waals surface area contributed by atoms with Gasteiger partial charge in [0.1, 0.15) is 5.75 Å². The molecule has 0 atom stereocenters. The van der Waals surface area contributed by atoms with E-state index >= 15 is 0 Å². The Balaban J connectivity index is 2.45. The normalized spacial score (nSPS) is 10.6. The zero-order chi connectivity index (χ0) is 13.6. The summed E-state index contributed by atoms with van der Waals surface area (Å²) in [4.78, 5) is 23.0. The fourth-order valence-electron chi connectivity index (χ4n) is 1.34. The molecule has 0 heterocycles. The zero-order valence-corrected chi connectivity index (χ0v) is 10.8. The van der Waals surface area contributed by atoms with Gasteiger partial charge in [-0.3, -0.25) is 4.79 Å². The van der Waals surface area contributed by atoms with Crippen molar-refractivity contribution in [1.82, 2.24) is 10.6 Å². The molecule has 0 unspecified atom stereocenters. The van der Waals surface area contributed by atoms with Gasteiger partial charge in [-0.15, -0.1) is 0 Å². The van der Waals surface area contributed by atoms with Crippen molar-refractivity contribution in [1.29, 1.82) is 0 Å². The maximum atomic E-state index is 11.5. The number of para-hydroxylation sites is 1. The van der Waals surface area contributed by atoms with Gasteiger partial charge < -0.3 is 15.4 Å². The van der Waals surface area contributed by atoms with Crippen LogP contribution in [0.15, 0.2) is 30.3 Å². The third-order valence-electron chi connectivity index (χ3n) is 2.47. The summed E-state index contributed by atoms with van der Waals surface area (Å²) in [6, 6.07) is 8.75. The highest BCUT2D eigenvalue weighted by Gasteiger charge is 2.27. The molecule has 2 amide bonds. The van der Waals surface area contributed by atoms with Crippen LogP contribution in [0.1, 0.15) is 13.8 Å². The number of ether oxygens (including phenoxy) is 1. The number of rotatable bonds is 4. The van der Waals surface area contributed by atoms with Crippen molar-refractivity contribution in [3.05, 3.63) is 30.3 Å². The van der Waals surface area contributed by atoms with Crippen molar-refractivity contribution in [2.24, 2.45) is 5.41 Å². The molecule has 0 saturated carbocycles. The first-order valence-electron chi connectivity index (χ1n) is 5.68. The van der Waals surface area contributed by atoms with Crippen LogP contribution >= 0.6 is 0 Å². The van der Waals surface area contributed by atoms with E-state index in [1.54, 1.807) is 45.2 Å². The standard InChI is InChI=1S/C13H18N2O3/c1-13(2,11(16)14-3)9-15-12(17)18-10-7-5-4-6-8-10/h4-8H,9H2,1-3H3,(H,14,16)(H,15,17). The highest BCUT2D eigenvalue weighted by atomic mass is 16.6. The van der Waals surface area contributed by atoms with E-state index < -0.39 is 11.5 Å². The molecule has 5 heteroatoms. The van der Waals surface area contributed by atoms with Crippen LogP contribution in [0.5, 0.6) is 5.75 Å². The lowest BCUT2D eigenvalue weighted by Crippen LogP contribution is -2.44. The van der Waals surface area contributed by atoms with Crippen LogP contribution < -0.4 is 15.4 Å². The molecule has 1 rings (SSSR count). The minimum atomic E-state index is -0.676. The van der Waals surface area contributed by atoms with Gasteiger partial charge in [0, 0.05) is 13.6 Å². The van der Waals surface area contributed by atoms with Gasteiger partial charge in [-0.05, 0) is 26.0 Å². The largest absolute Gasteiger partial charge is 0.412 e. The number of benzene rings is 1. The van der Waals surface area contributed by atoms with Gasteiger partial charge in [0.2, 0.25) is 5.91 Å². The number of hydrogen-bond acceptors (Lipinski definition) is 3. The van der Waals surface area contributed by atoms with Crippen LogP contribution in [0.4, 0.5) is 4.79 Å². The first-order valence-corrected chi connectivity index (χ1v) is 5.68. The molecule has 1 aromatic carbocycles. The van der Waals surface area contributed by atoms with Crippen molar-refractivity contribution in [3.8, 4) is 5.75 Å². The molecule has 0 radical (unpaired) electrons. The molecule has 2 N–H and O–H groups in total. The van der Waals surface area contributed by atoms with E-state index in [9.17, 15) is 9.59 Å². The molecule has 0 aliphatic rings. The average Bonchev–Trinajstić information content (AvgIpc) is 2.36. The van der Waals surface area contributed by atoms with Crippen molar-refractivity contribution >= 4 is 12.0 Å². The summed E-state index contributed by atoms with van der Waals surface area (Å²) in [6.45, 7) is 3.70. The fraction of sp³-hybridized carbons (Fsp3) is 0.385. The molecule has 0 bridgehead atoms. The van der Waals surface area contributed by atoms with Crippen molar-refractivity contribution in [2.75, 3.05) is 13.6 Å². The van der Waals surface area contributed by atoms with Gasteiger partial charge in [-0.1, -0.05) is 18.2 Å². The summed E-state index contributed by atoms with van der Waals surface area (Å²) in [5, 5.41) is 5.11. The lowest BCUT2D eigenvalue weighted by atomic mass is 9.92. The third kappa shape index (κ3) is 4.08. The van der Waals surface area contributed by atoms with E-state index in [2.05, 4.69) is 10.6 Å². The summed E-state index contributed by atoms with van der Waals surface area (Å²) < 4.78 is 5.04. The zero-order valence-electron chi connectivity index (χ0n) is 10.8. The van der Waals surface area contributed by atoms with Crippen molar-refractivity contribution < 1.29 is 14.3 Å². The van der Waals surface area contributed by atoms with Crippen LogP contribution in [-0.4, -0.2) is 25.6 Å². The predicted octanol–water partition coefficient (Wildman–Crippen LogP) is 1.55. The Labute approximate surface area is 107 Å². The molecule has 5 nitrogen and oxygen atoms in total. The molecule has 0 fully saturated rings. The predicted molar refractivity (Wildman–Crippen MR) is 68.3 cm³/mol. The van der Waals surface area contributed by atoms with Gasteiger partial charge in [-0.2, -0.15) is 0 Å². The van der Waals surface area contributed by atoms with E-state index in [1.165, 1.54) is 0 Å². The maximum absolute atomic E-state index is 11.5. The summed E-state index contributed by atoms with van der Waals surface area (Å²) in [5.41, 5.74) is -0.676. The van der Waals surface area contributed by atoms with Crippen LogP contribution in [0.3, 0.4) is 0 Å². The lowest BCUT2D eigenvalue weighted by molar-refractivity contribution is -0.128.